The minimum atomic E-state index is -0.228. The van der Waals surface area contributed by atoms with Crippen molar-refractivity contribution in [1.82, 2.24) is 0 Å². The molecule has 0 radical (unpaired) electrons. The molecule has 4 heteroatoms. The number of esters is 1. The van der Waals surface area contributed by atoms with Crippen LogP contribution in [0.3, 0.4) is 0 Å². The lowest BCUT2D eigenvalue weighted by Crippen LogP contribution is -3.05. The number of hydrogen-bond acceptors (Lipinski definition) is 3. The quantitative estimate of drug-likeness (QED) is 0.353. The summed E-state index contributed by atoms with van der Waals surface area (Å²) in [5, 5.41) is 9.15. The van der Waals surface area contributed by atoms with Gasteiger partial charge in [-0.15, -0.1) is 0 Å². The first-order valence-corrected chi connectivity index (χ1v) is 5.66. The third-order valence-corrected chi connectivity index (χ3v) is 2.98. The zero-order chi connectivity index (χ0) is 11.5. The standard InChI is InChI=1S/C11H21NO3/c1-4-5-6-15-10(14)9-7-12(9)11(2,3)8-13/h9,13H,4-8H2,1-3H3/p+1/t9-,12?/m1/s1. The number of aliphatic hydroxyl groups is 1. The van der Waals surface area contributed by atoms with E-state index in [1.165, 1.54) is 0 Å². The van der Waals surface area contributed by atoms with Crippen molar-refractivity contribution in [2.75, 3.05) is 19.8 Å². The summed E-state index contributed by atoms with van der Waals surface area (Å²) in [6, 6.07) is -0.0518. The third-order valence-electron chi connectivity index (χ3n) is 2.98. The summed E-state index contributed by atoms with van der Waals surface area (Å²) in [5.74, 6) is -0.111. The summed E-state index contributed by atoms with van der Waals surface area (Å²) in [4.78, 5) is 12.7. The average Bonchev–Trinajstić information content (AvgIpc) is 2.98. The molecule has 0 aliphatic carbocycles. The van der Waals surface area contributed by atoms with Crippen LogP contribution in [0.25, 0.3) is 0 Å². The number of hydrogen-bond donors (Lipinski definition) is 2. The highest BCUT2D eigenvalue weighted by Gasteiger charge is 2.55. The molecule has 1 unspecified atom stereocenters. The SMILES string of the molecule is CCCCOC(=O)[C@H]1C[NH+]1C(C)(C)CO. The van der Waals surface area contributed by atoms with Crippen molar-refractivity contribution in [2.45, 2.75) is 45.2 Å². The van der Waals surface area contributed by atoms with E-state index >= 15 is 0 Å². The predicted molar refractivity (Wildman–Crippen MR) is 56.6 cm³/mol. The van der Waals surface area contributed by atoms with Crippen LogP contribution < -0.4 is 4.90 Å². The molecule has 1 fully saturated rings. The average molecular weight is 216 g/mol. The molecule has 1 saturated heterocycles. The number of nitrogens with one attached hydrogen (secondary N) is 1. The van der Waals surface area contributed by atoms with Crippen LogP contribution in [0, 0.1) is 0 Å². The van der Waals surface area contributed by atoms with Gasteiger partial charge < -0.3 is 14.7 Å². The Morgan fingerprint density at radius 1 is 1.60 bits per heavy atom. The largest absolute Gasteiger partial charge is 0.461 e. The van der Waals surface area contributed by atoms with Gasteiger partial charge in [0.05, 0.1) is 13.2 Å². The maximum Gasteiger partial charge on any atom is 0.371 e. The second-order valence-corrected chi connectivity index (χ2v) is 4.84. The van der Waals surface area contributed by atoms with Gasteiger partial charge in [0.2, 0.25) is 6.04 Å². The Labute approximate surface area is 91.2 Å². The molecule has 2 N–H and O–H groups in total. The lowest BCUT2D eigenvalue weighted by atomic mass is 10.1. The highest BCUT2D eigenvalue weighted by molar-refractivity contribution is 5.76. The summed E-state index contributed by atoms with van der Waals surface area (Å²) in [5.41, 5.74) is -0.228. The van der Waals surface area contributed by atoms with Crippen LogP contribution in [-0.2, 0) is 9.53 Å². The van der Waals surface area contributed by atoms with Gasteiger partial charge in [-0.05, 0) is 20.3 Å². The molecule has 0 saturated carbocycles. The summed E-state index contributed by atoms with van der Waals surface area (Å²) >= 11 is 0. The van der Waals surface area contributed by atoms with Gasteiger partial charge in [0.1, 0.15) is 12.1 Å². The molecule has 0 aromatic rings. The maximum atomic E-state index is 11.5. The number of quaternary nitrogens is 1. The number of carbonyl (C=O) groups is 1. The molecule has 0 amide bonds. The van der Waals surface area contributed by atoms with E-state index in [4.69, 9.17) is 9.84 Å². The van der Waals surface area contributed by atoms with Gasteiger partial charge >= 0.3 is 5.97 Å². The summed E-state index contributed by atoms with van der Waals surface area (Å²) in [7, 11) is 0. The van der Waals surface area contributed by atoms with Gasteiger partial charge in [0.25, 0.3) is 0 Å². The third kappa shape index (κ3) is 3.18. The van der Waals surface area contributed by atoms with Crippen molar-refractivity contribution in [1.29, 1.82) is 0 Å². The first-order chi connectivity index (χ1) is 7.03. The second kappa shape index (κ2) is 4.94. The van der Waals surface area contributed by atoms with E-state index in [1.807, 2.05) is 13.8 Å². The molecule has 2 atom stereocenters. The fraction of sp³-hybridized carbons (Fsp3) is 0.909. The van der Waals surface area contributed by atoms with Crippen molar-refractivity contribution < 1.29 is 19.5 Å². The normalized spacial score (nSPS) is 25.1. The highest BCUT2D eigenvalue weighted by atomic mass is 16.5. The Hall–Kier alpha value is -0.610. The minimum Gasteiger partial charge on any atom is -0.461 e. The molecule has 4 nitrogen and oxygen atoms in total. The summed E-state index contributed by atoms with van der Waals surface area (Å²) in [6.07, 6.45) is 1.97. The van der Waals surface area contributed by atoms with Crippen LogP contribution >= 0.6 is 0 Å². The second-order valence-electron chi connectivity index (χ2n) is 4.84. The van der Waals surface area contributed by atoms with Crippen LogP contribution in [0.2, 0.25) is 0 Å². The van der Waals surface area contributed by atoms with E-state index < -0.39 is 0 Å². The Morgan fingerprint density at radius 3 is 2.80 bits per heavy atom. The summed E-state index contributed by atoms with van der Waals surface area (Å²) < 4.78 is 5.13. The van der Waals surface area contributed by atoms with Gasteiger partial charge in [0.15, 0.2) is 0 Å². The number of aliphatic hydroxyl groups excluding tert-OH is 1. The van der Waals surface area contributed by atoms with Crippen LogP contribution in [0.15, 0.2) is 0 Å². The van der Waals surface area contributed by atoms with Gasteiger partial charge in [0, 0.05) is 0 Å². The fourth-order valence-corrected chi connectivity index (χ4v) is 1.65. The topological polar surface area (TPSA) is 51.0 Å². The monoisotopic (exact) mass is 216 g/mol. The molecule has 88 valence electrons. The first-order valence-electron chi connectivity index (χ1n) is 5.66. The lowest BCUT2D eigenvalue weighted by molar-refractivity contribution is -0.829. The molecule has 1 rings (SSSR count). The lowest BCUT2D eigenvalue weighted by Gasteiger charge is -2.20. The van der Waals surface area contributed by atoms with Crippen molar-refractivity contribution in [3.63, 3.8) is 0 Å². The number of rotatable bonds is 6. The Balaban J connectivity index is 2.28. The zero-order valence-electron chi connectivity index (χ0n) is 9.88. The van der Waals surface area contributed by atoms with Gasteiger partial charge in [-0.25, -0.2) is 4.79 Å². The van der Waals surface area contributed by atoms with E-state index in [0.29, 0.717) is 6.61 Å². The number of unbranched alkanes of at least 4 members (excludes halogenated alkanes) is 1. The molecular weight excluding hydrogens is 194 g/mol. The Kier molecular flexibility index (Phi) is 4.11. The van der Waals surface area contributed by atoms with Crippen molar-refractivity contribution in [2.24, 2.45) is 0 Å². The number of carbonyl (C=O) groups excluding carboxylic acids is 1. The van der Waals surface area contributed by atoms with E-state index in [9.17, 15) is 4.79 Å². The fourth-order valence-electron chi connectivity index (χ4n) is 1.65. The first kappa shape index (κ1) is 12.5. The molecule has 1 aliphatic heterocycles. The van der Waals surface area contributed by atoms with E-state index in [-0.39, 0.29) is 24.2 Å². The van der Waals surface area contributed by atoms with Gasteiger partial charge in [-0.3, -0.25) is 0 Å². The van der Waals surface area contributed by atoms with Crippen LogP contribution in [-0.4, -0.2) is 42.4 Å². The van der Waals surface area contributed by atoms with Crippen molar-refractivity contribution in [3.05, 3.63) is 0 Å². The smallest absolute Gasteiger partial charge is 0.371 e. The molecule has 0 spiro atoms. The molecule has 15 heavy (non-hydrogen) atoms. The molecule has 0 aromatic carbocycles. The maximum absolute atomic E-state index is 11.5. The van der Waals surface area contributed by atoms with Gasteiger partial charge in [-0.1, -0.05) is 13.3 Å². The Morgan fingerprint density at radius 2 is 2.27 bits per heavy atom. The molecule has 1 heterocycles. The Bertz CT molecular complexity index is 228. The predicted octanol–water partition coefficient (Wildman–Crippen LogP) is -0.632. The van der Waals surface area contributed by atoms with E-state index in [2.05, 4.69) is 6.92 Å². The molecule has 0 bridgehead atoms. The van der Waals surface area contributed by atoms with E-state index in [1.54, 1.807) is 0 Å². The van der Waals surface area contributed by atoms with Crippen LogP contribution in [0.1, 0.15) is 33.6 Å². The van der Waals surface area contributed by atoms with Crippen LogP contribution in [0.5, 0.6) is 0 Å². The van der Waals surface area contributed by atoms with Gasteiger partial charge in [-0.2, -0.15) is 0 Å². The minimum absolute atomic E-state index is 0.0518. The zero-order valence-corrected chi connectivity index (χ0v) is 9.88. The molecular formula is C11H22NO3+. The van der Waals surface area contributed by atoms with Crippen molar-refractivity contribution >= 4 is 5.97 Å². The highest BCUT2D eigenvalue weighted by Crippen LogP contribution is 2.05. The summed E-state index contributed by atoms with van der Waals surface area (Å²) in [6.45, 7) is 7.40. The van der Waals surface area contributed by atoms with Crippen molar-refractivity contribution in [3.8, 4) is 0 Å². The van der Waals surface area contributed by atoms with Crippen LogP contribution in [0.4, 0.5) is 0 Å². The number of ether oxygens (including phenoxy) is 1. The van der Waals surface area contributed by atoms with E-state index in [0.717, 1.165) is 24.3 Å². The molecule has 1 aliphatic rings. The molecule has 0 aromatic heterocycles.